The van der Waals surface area contributed by atoms with Gasteiger partial charge in [-0.1, -0.05) is 48.0 Å². The normalized spacial score (nSPS) is 11.2. The molecule has 0 aliphatic rings. The van der Waals surface area contributed by atoms with Gasteiger partial charge in [-0.05, 0) is 73.4 Å². The Morgan fingerprint density at radius 3 is 2.26 bits per heavy atom. The van der Waals surface area contributed by atoms with Crippen molar-refractivity contribution in [3.8, 4) is 0 Å². The molecule has 0 radical (unpaired) electrons. The fourth-order valence-corrected chi connectivity index (χ4v) is 4.66. The highest BCUT2D eigenvalue weighted by Crippen LogP contribution is 2.25. The summed E-state index contributed by atoms with van der Waals surface area (Å²) in [6.07, 6.45) is 0.623. The van der Waals surface area contributed by atoms with E-state index in [0.717, 1.165) is 21.0 Å². The third kappa shape index (κ3) is 5.87. The van der Waals surface area contributed by atoms with Crippen LogP contribution >= 0.6 is 11.6 Å². The van der Waals surface area contributed by atoms with Crippen molar-refractivity contribution in [3.05, 3.63) is 94.5 Å². The summed E-state index contributed by atoms with van der Waals surface area (Å²) in [5, 5.41) is 3.47. The van der Waals surface area contributed by atoms with Crippen LogP contribution in [0.1, 0.15) is 16.7 Å². The minimum absolute atomic E-state index is 0.141. The molecule has 0 aliphatic carbocycles. The van der Waals surface area contributed by atoms with Gasteiger partial charge in [0.2, 0.25) is 5.91 Å². The second-order valence-corrected chi connectivity index (χ2v) is 9.62. The number of hydrogen-bond donors (Lipinski definition) is 1. The molecule has 1 amide bonds. The Bertz CT molecular complexity index is 1150. The first kappa shape index (κ1) is 22.8. The molecule has 0 spiro atoms. The molecule has 0 unspecified atom stereocenters. The van der Waals surface area contributed by atoms with E-state index in [1.807, 2.05) is 32.0 Å². The van der Waals surface area contributed by atoms with E-state index in [0.29, 0.717) is 23.7 Å². The van der Waals surface area contributed by atoms with Crippen molar-refractivity contribution in [1.29, 1.82) is 0 Å². The number of sulfonamides is 1. The van der Waals surface area contributed by atoms with E-state index in [2.05, 4.69) is 5.32 Å². The van der Waals surface area contributed by atoms with Crippen LogP contribution in [0.3, 0.4) is 0 Å². The Balaban J connectivity index is 1.78. The maximum absolute atomic E-state index is 13.3. The number of nitrogens with zero attached hydrogens (tertiary/aromatic N) is 1. The highest BCUT2D eigenvalue weighted by Gasteiger charge is 2.27. The molecule has 0 saturated heterocycles. The predicted octanol–water partition coefficient (Wildman–Crippen LogP) is 4.51. The Morgan fingerprint density at radius 1 is 0.935 bits per heavy atom. The first-order valence-electron chi connectivity index (χ1n) is 9.93. The van der Waals surface area contributed by atoms with Crippen LogP contribution in [0.25, 0.3) is 0 Å². The fourth-order valence-electron chi connectivity index (χ4n) is 3.10. The molecule has 0 aromatic heterocycles. The lowest BCUT2D eigenvalue weighted by Crippen LogP contribution is -2.41. The van der Waals surface area contributed by atoms with Gasteiger partial charge in [-0.2, -0.15) is 0 Å². The lowest BCUT2D eigenvalue weighted by atomic mass is 10.1. The van der Waals surface area contributed by atoms with Crippen LogP contribution in [0.5, 0.6) is 0 Å². The number of carbonyl (C=O) groups excluding carboxylic acids is 1. The molecule has 3 aromatic carbocycles. The zero-order valence-electron chi connectivity index (χ0n) is 17.5. The smallest absolute Gasteiger partial charge is 0.264 e. The van der Waals surface area contributed by atoms with E-state index in [9.17, 15) is 13.2 Å². The molecule has 7 heteroatoms. The van der Waals surface area contributed by atoms with Crippen LogP contribution in [0.15, 0.2) is 77.7 Å². The van der Waals surface area contributed by atoms with Crippen LogP contribution in [-0.2, 0) is 21.2 Å². The van der Waals surface area contributed by atoms with Crippen LogP contribution in [0.2, 0.25) is 5.02 Å². The lowest BCUT2D eigenvalue weighted by molar-refractivity contribution is -0.119. The summed E-state index contributed by atoms with van der Waals surface area (Å²) in [6.45, 7) is 3.96. The van der Waals surface area contributed by atoms with Gasteiger partial charge in [0.25, 0.3) is 10.0 Å². The van der Waals surface area contributed by atoms with Gasteiger partial charge >= 0.3 is 0 Å². The van der Waals surface area contributed by atoms with E-state index in [-0.39, 0.29) is 17.3 Å². The monoisotopic (exact) mass is 456 g/mol. The minimum Gasteiger partial charge on any atom is -0.354 e. The third-order valence-electron chi connectivity index (χ3n) is 5.05. The van der Waals surface area contributed by atoms with Gasteiger partial charge in [0.1, 0.15) is 6.54 Å². The molecule has 3 rings (SSSR count). The van der Waals surface area contributed by atoms with Crippen molar-refractivity contribution in [3.63, 3.8) is 0 Å². The van der Waals surface area contributed by atoms with Gasteiger partial charge in [-0.3, -0.25) is 9.10 Å². The summed E-state index contributed by atoms with van der Waals surface area (Å²) in [5.74, 6) is -0.369. The average Bonchev–Trinajstić information content (AvgIpc) is 2.76. The van der Waals surface area contributed by atoms with Crippen LogP contribution in [0, 0.1) is 13.8 Å². The highest BCUT2D eigenvalue weighted by molar-refractivity contribution is 7.92. The molecule has 162 valence electrons. The molecule has 0 fully saturated rings. The fraction of sp³-hybridized carbons (Fsp3) is 0.208. The van der Waals surface area contributed by atoms with Crippen molar-refractivity contribution < 1.29 is 13.2 Å². The maximum atomic E-state index is 13.3. The number of rotatable bonds is 8. The number of anilines is 1. The summed E-state index contributed by atoms with van der Waals surface area (Å²) >= 11 is 5.89. The van der Waals surface area contributed by atoms with Crippen molar-refractivity contribution in [2.45, 2.75) is 25.2 Å². The van der Waals surface area contributed by atoms with Crippen LogP contribution < -0.4 is 9.62 Å². The number of benzene rings is 3. The van der Waals surface area contributed by atoms with Crippen molar-refractivity contribution in [2.75, 3.05) is 17.4 Å². The van der Waals surface area contributed by atoms with E-state index in [4.69, 9.17) is 11.6 Å². The SMILES string of the molecule is Cc1ccc(N(CC(=O)NCCc2ccc(Cl)cc2)S(=O)(=O)c2ccccc2)cc1C. The number of halogens is 1. The second-order valence-electron chi connectivity index (χ2n) is 7.32. The summed E-state index contributed by atoms with van der Waals surface area (Å²) in [6, 6.07) is 20.9. The molecule has 0 heterocycles. The summed E-state index contributed by atoms with van der Waals surface area (Å²) < 4.78 is 27.8. The average molecular weight is 457 g/mol. The zero-order chi connectivity index (χ0) is 22.4. The topological polar surface area (TPSA) is 66.5 Å². The molecular weight excluding hydrogens is 432 g/mol. The number of carbonyl (C=O) groups is 1. The first-order chi connectivity index (χ1) is 14.8. The van der Waals surface area contributed by atoms with Crippen molar-refractivity contribution in [2.24, 2.45) is 0 Å². The van der Waals surface area contributed by atoms with Gasteiger partial charge < -0.3 is 5.32 Å². The van der Waals surface area contributed by atoms with Crippen molar-refractivity contribution >= 4 is 33.2 Å². The zero-order valence-corrected chi connectivity index (χ0v) is 19.1. The molecule has 5 nitrogen and oxygen atoms in total. The second kappa shape index (κ2) is 9.98. The molecule has 1 N–H and O–H groups in total. The first-order valence-corrected chi connectivity index (χ1v) is 11.8. The Kier molecular flexibility index (Phi) is 7.36. The molecular formula is C24H25ClN2O3S. The summed E-state index contributed by atoms with van der Waals surface area (Å²) in [4.78, 5) is 12.8. The van der Waals surface area contributed by atoms with E-state index < -0.39 is 10.0 Å². The van der Waals surface area contributed by atoms with Gasteiger partial charge in [0.05, 0.1) is 10.6 Å². The number of amides is 1. The van der Waals surface area contributed by atoms with Crippen LogP contribution in [0.4, 0.5) is 5.69 Å². The van der Waals surface area contributed by atoms with Gasteiger partial charge in [0, 0.05) is 11.6 Å². The van der Waals surface area contributed by atoms with E-state index >= 15 is 0 Å². The highest BCUT2D eigenvalue weighted by atomic mass is 35.5. The van der Waals surface area contributed by atoms with E-state index in [1.165, 1.54) is 12.1 Å². The van der Waals surface area contributed by atoms with Gasteiger partial charge in [-0.25, -0.2) is 8.42 Å². The Morgan fingerprint density at radius 2 is 1.61 bits per heavy atom. The standard InChI is InChI=1S/C24H25ClN2O3S/c1-18-8-13-22(16-19(18)2)27(31(29,30)23-6-4-3-5-7-23)17-24(28)26-15-14-20-9-11-21(25)12-10-20/h3-13,16H,14-15,17H2,1-2H3,(H,26,28). The predicted molar refractivity (Wildman–Crippen MR) is 125 cm³/mol. The molecule has 0 atom stereocenters. The Labute approximate surface area is 188 Å². The third-order valence-corrected chi connectivity index (χ3v) is 7.09. The number of hydrogen-bond acceptors (Lipinski definition) is 3. The number of aryl methyl sites for hydroxylation is 2. The molecule has 0 saturated carbocycles. The molecule has 3 aromatic rings. The molecule has 31 heavy (non-hydrogen) atoms. The lowest BCUT2D eigenvalue weighted by Gasteiger charge is -2.25. The maximum Gasteiger partial charge on any atom is 0.264 e. The number of nitrogens with one attached hydrogen (secondary N) is 1. The van der Waals surface area contributed by atoms with E-state index in [1.54, 1.807) is 42.5 Å². The minimum atomic E-state index is -3.90. The van der Waals surface area contributed by atoms with Crippen LogP contribution in [-0.4, -0.2) is 27.4 Å². The molecule has 0 bridgehead atoms. The van der Waals surface area contributed by atoms with Gasteiger partial charge in [0.15, 0.2) is 0 Å². The Hall–Kier alpha value is -2.83. The molecule has 0 aliphatic heterocycles. The summed E-state index contributed by atoms with van der Waals surface area (Å²) in [5.41, 5.74) is 3.49. The summed E-state index contributed by atoms with van der Waals surface area (Å²) in [7, 11) is -3.90. The van der Waals surface area contributed by atoms with Crippen molar-refractivity contribution in [1.82, 2.24) is 5.32 Å². The van der Waals surface area contributed by atoms with Gasteiger partial charge in [-0.15, -0.1) is 0 Å². The quantitative estimate of drug-likeness (QED) is 0.542. The largest absolute Gasteiger partial charge is 0.354 e.